The quantitative estimate of drug-likeness (QED) is 0.533. The molecule has 176 valence electrons. The number of aromatic carboxylic acids is 1. The number of carbonyl (C=O) groups excluding carboxylic acids is 2. The Hall–Kier alpha value is -4.20. The van der Waals surface area contributed by atoms with Crippen LogP contribution in [0, 0.1) is 0 Å². The number of carbonyl (C=O) groups is 2. The Kier molecular flexibility index (Phi) is 6.32. The predicted molar refractivity (Wildman–Crippen MR) is 123 cm³/mol. The molecule has 1 aliphatic heterocycles. The molecular weight excluding hydrogens is 438 g/mol. The Morgan fingerprint density at radius 1 is 0.853 bits per heavy atom. The van der Waals surface area contributed by atoms with Crippen LogP contribution in [0.5, 0.6) is 23.0 Å². The fraction of sp³-hybridized carbons (Fsp3) is 0.231. The van der Waals surface area contributed by atoms with Crippen LogP contribution in [0.2, 0.25) is 0 Å². The Balaban J connectivity index is 1.97. The summed E-state index contributed by atoms with van der Waals surface area (Å²) in [4.78, 5) is 26.6. The number of fused-ring (bicyclic) bond motifs is 1. The van der Waals surface area contributed by atoms with Crippen LogP contribution >= 0.6 is 0 Å². The van der Waals surface area contributed by atoms with E-state index in [1.165, 1.54) is 19.2 Å². The Bertz CT molecular complexity index is 1250. The number of hydrogen-bond acceptors (Lipinski definition) is 7. The first kappa shape index (κ1) is 23.0. The lowest BCUT2D eigenvalue weighted by molar-refractivity contribution is -0.255. The average Bonchev–Trinajstić information content (AvgIpc) is 2.86. The summed E-state index contributed by atoms with van der Waals surface area (Å²) in [6, 6.07) is 14.6. The number of anilines is 1. The summed E-state index contributed by atoms with van der Waals surface area (Å²) < 4.78 is 21.8. The normalized spacial score (nSPS) is 14.9. The van der Waals surface area contributed by atoms with Crippen molar-refractivity contribution in [3.63, 3.8) is 0 Å². The van der Waals surface area contributed by atoms with Crippen LogP contribution in [0.1, 0.15) is 33.1 Å². The largest absolute Gasteiger partial charge is 0.545 e. The zero-order valence-corrected chi connectivity index (χ0v) is 19.3. The molecule has 3 aromatic carbocycles. The highest BCUT2D eigenvalue weighted by atomic mass is 16.5. The van der Waals surface area contributed by atoms with Gasteiger partial charge in [-0.1, -0.05) is 18.2 Å². The maximum atomic E-state index is 13.5. The third-order valence-electron chi connectivity index (χ3n) is 5.89. The molecule has 4 rings (SSSR count). The second kappa shape index (κ2) is 9.35. The fourth-order valence-electron chi connectivity index (χ4n) is 4.30. The Morgan fingerprint density at radius 2 is 1.50 bits per heavy atom. The summed E-state index contributed by atoms with van der Waals surface area (Å²) in [6.07, 6.45) is 0.106. The highest BCUT2D eigenvalue weighted by molar-refractivity contribution is 5.99. The molecule has 8 nitrogen and oxygen atoms in total. The molecule has 8 heteroatoms. The van der Waals surface area contributed by atoms with Gasteiger partial charge in [-0.3, -0.25) is 4.79 Å². The van der Waals surface area contributed by atoms with Crippen molar-refractivity contribution >= 4 is 17.6 Å². The van der Waals surface area contributed by atoms with E-state index >= 15 is 0 Å². The second-order valence-electron chi connectivity index (χ2n) is 7.70. The van der Waals surface area contributed by atoms with Crippen molar-refractivity contribution in [2.75, 3.05) is 33.3 Å². The van der Waals surface area contributed by atoms with Crippen molar-refractivity contribution in [3.05, 3.63) is 76.9 Å². The Morgan fingerprint density at radius 3 is 2.15 bits per heavy atom. The molecule has 0 aliphatic carbocycles. The van der Waals surface area contributed by atoms with E-state index in [0.29, 0.717) is 28.7 Å². The van der Waals surface area contributed by atoms with Gasteiger partial charge in [-0.15, -0.1) is 0 Å². The van der Waals surface area contributed by atoms with Crippen molar-refractivity contribution in [1.82, 2.24) is 0 Å². The van der Waals surface area contributed by atoms with Gasteiger partial charge in [0.1, 0.15) is 0 Å². The van der Waals surface area contributed by atoms with Gasteiger partial charge in [-0.2, -0.15) is 0 Å². The first-order valence-electron chi connectivity index (χ1n) is 10.5. The molecule has 0 fully saturated rings. The predicted octanol–water partition coefficient (Wildman–Crippen LogP) is 2.76. The number of nitrogens with zero attached hydrogens (tertiary/aromatic N) is 1. The fourth-order valence-corrected chi connectivity index (χ4v) is 4.30. The molecule has 1 aliphatic rings. The molecule has 0 bridgehead atoms. The molecular formula is C26H24NO7-. The van der Waals surface area contributed by atoms with Crippen LogP contribution < -0.4 is 29.0 Å². The highest BCUT2D eigenvalue weighted by Crippen LogP contribution is 2.44. The lowest BCUT2D eigenvalue weighted by Crippen LogP contribution is -2.41. The zero-order valence-electron chi connectivity index (χ0n) is 19.3. The second-order valence-corrected chi connectivity index (χ2v) is 7.70. The summed E-state index contributed by atoms with van der Waals surface area (Å²) in [5, 5.41) is 11.5. The van der Waals surface area contributed by atoms with Gasteiger partial charge in [-0.25, -0.2) is 0 Å². The van der Waals surface area contributed by atoms with Gasteiger partial charge in [0.15, 0.2) is 23.0 Å². The standard InChI is InChI=1S/C26H25NO7/c1-31-20-9-8-15(11-21(20)32-2)25-19-14-23(34-4)22(33-3)12-17(19)13-24(28)27(25)18-7-5-6-16(10-18)26(29)30/h5-12,14,25H,13H2,1-4H3,(H,29,30)/p-1/t25-/m0/s1. The van der Waals surface area contributed by atoms with Crippen LogP contribution in [0.15, 0.2) is 54.6 Å². The van der Waals surface area contributed by atoms with Crippen molar-refractivity contribution in [3.8, 4) is 23.0 Å². The molecule has 1 heterocycles. The van der Waals surface area contributed by atoms with Crippen LogP contribution in [-0.2, 0) is 11.2 Å². The van der Waals surface area contributed by atoms with Gasteiger partial charge in [0.25, 0.3) is 0 Å². The van der Waals surface area contributed by atoms with E-state index < -0.39 is 12.0 Å². The van der Waals surface area contributed by atoms with E-state index in [9.17, 15) is 14.7 Å². The Labute approximate surface area is 197 Å². The molecule has 0 saturated carbocycles. The van der Waals surface area contributed by atoms with Gasteiger partial charge in [0.05, 0.1) is 46.9 Å². The SMILES string of the molecule is COc1ccc([C@H]2c3cc(OC)c(OC)cc3CC(=O)N2c2cccc(C(=O)[O-])c2)cc1OC. The smallest absolute Gasteiger partial charge is 0.232 e. The number of amides is 1. The molecule has 0 saturated heterocycles. The molecule has 1 atom stereocenters. The average molecular weight is 462 g/mol. The van der Waals surface area contributed by atoms with Crippen molar-refractivity contribution in [1.29, 1.82) is 0 Å². The number of carboxylic acids is 1. The van der Waals surface area contributed by atoms with Crippen LogP contribution in [0.4, 0.5) is 5.69 Å². The van der Waals surface area contributed by atoms with Crippen molar-refractivity contribution < 1.29 is 33.6 Å². The molecule has 0 unspecified atom stereocenters. The van der Waals surface area contributed by atoms with Gasteiger partial charge in [0.2, 0.25) is 5.91 Å². The van der Waals surface area contributed by atoms with E-state index in [4.69, 9.17) is 18.9 Å². The van der Waals surface area contributed by atoms with E-state index in [1.807, 2.05) is 12.1 Å². The number of methoxy groups -OCH3 is 4. The molecule has 1 amide bonds. The van der Waals surface area contributed by atoms with Gasteiger partial charge < -0.3 is 33.7 Å². The van der Waals surface area contributed by atoms with Gasteiger partial charge in [0, 0.05) is 5.69 Å². The zero-order chi connectivity index (χ0) is 24.4. The van der Waals surface area contributed by atoms with Crippen LogP contribution in [0.25, 0.3) is 0 Å². The monoisotopic (exact) mass is 462 g/mol. The summed E-state index contributed by atoms with van der Waals surface area (Å²) >= 11 is 0. The maximum Gasteiger partial charge on any atom is 0.232 e. The number of rotatable bonds is 7. The topological polar surface area (TPSA) is 97.4 Å². The van der Waals surface area contributed by atoms with Crippen LogP contribution in [-0.4, -0.2) is 40.3 Å². The van der Waals surface area contributed by atoms with E-state index in [0.717, 1.165) is 16.7 Å². The third kappa shape index (κ3) is 3.98. The number of carboxylic acid groups (broad SMARTS) is 1. The molecule has 34 heavy (non-hydrogen) atoms. The van der Waals surface area contributed by atoms with Gasteiger partial charge in [-0.05, 0) is 58.7 Å². The maximum absolute atomic E-state index is 13.5. The summed E-state index contributed by atoms with van der Waals surface area (Å²) in [5.74, 6) is 0.572. The summed E-state index contributed by atoms with van der Waals surface area (Å²) in [5.41, 5.74) is 2.78. The lowest BCUT2D eigenvalue weighted by Gasteiger charge is -2.38. The lowest BCUT2D eigenvalue weighted by atomic mass is 9.86. The van der Waals surface area contributed by atoms with E-state index in [-0.39, 0.29) is 17.9 Å². The summed E-state index contributed by atoms with van der Waals surface area (Å²) in [7, 11) is 6.17. The highest BCUT2D eigenvalue weighted by Gasteiger charge is 2.36. The molecule has 3 aromatic rings. The van der Waals surface area contributed by atoms with E-state index in [1.54, 1.807) is 56.6 Å². The van der Waals surface area contributed by atoms with Crippen LogP contribution in [0.3, 0.4) is 0 Å². The number of benzene rings is 3. The van der Waals surface area contributed by atoms with Crippen molar-refractivity contribution in [2.24, 2.45) is 0 Å². The minimum atomic E-state index is -1.32. The summed E-state index contributed by atoms with van der Waals surface area (Å²) in [6.45, 7) is 0. The van der Waals surface area contributed by atoms with E-state index in [2.05, 4.69) is 0 Å². The minimum absolute atomic E-state index is 0.0190. The van der Waals surface area contributed by atoms with Gasteiger partial charge >= 0.3 is 0 Å². The van der Waals surface area contributed by atoms with Crippen molar-refractivity contribution in [2.45, 2.75) is 12.5 Å². The molecule has 0 radical (unpaired) electrons. The first-order valence-corrected chi connectivity index (χ1v) is 10.5. The molecule has 0 aromatic heterocycles. The first-order chi connectivity index (χ1) is 16.4. The number of hydrogen-bond donors (Lipinski definition) is 0. The number of ether oxygens (including phenoxy) is 4. The molecule has 0 spiro atoms. The third-order valence-corrected chi connectivity index (χ3v) is 5.89. The molecule has 0 N–H and O–H groups in total. The minimum Gasteiger partial charge on any atom is -0.545 e.